The van der Waals surface area contributed by atoms with Crippen LogP contribution in [0.5, 0.6) is 0 Å². The van der Waals surface area contributed by atoms with Gasteiger partial charge in [0.2, 0.25) is 0 Å². The highest BCUT2D eigenvalue weighted by atomic mass is 16.5. The van der Waals surface area contributed by atoms with Gasteiger partial charge in [0.15, 0.2) is 0 Å². The first-order valence-corrected chi connectivity index (χ1v) is 12.3. The summed E-state index contributed by atoms with van der Waals surface area (Å²) in [5.74, 6) is 0. The Bertz CT molecular complexity index is 320. The van der Waals surface area contributed by atoms with Crippen molar-refractivity contribution < 1.29 is 9.47 Å². The molecule has 0 spiro atoms. The summed E-state index contributed by atoms with van der Waals surface area (Å²) >= 11 is 0. The minimum Gasteiger partial charge on any atom is -0.378 e. The standard InChI is InChI=1S/C26H48O2/c1-3-5-7-9-11-13-15-17-22-27-25-20-19-21-26(24-25)28-23-18-16-14-12-10-8-6-4-2/h3-4,25-26H,1-2,5-24H2. The molecule has 0 aromatic carbocycles. The fourth-order valence-corrected chi connectivity index (χ4v) is 4.10. The summed E-state index contributed by atoms with van der Waals surface area (Å²) in [6.07, 6.45) is 27.9. The van der Waals surface area contributed by atoms with Gasteiger partial charge in [-0.2, -0.15) is 0 Å². The molecule has 164 valence electrons. The molecule has 0 amide bonds. The first kappa shape index (κ1) is 25.4. The quantitative estimate of drug-likeness (QED) is 0.154. The summed E-state index contributed by atoms with van der Waals surface area (Å²) in [5, 5.41) is 0. The van der Waals surface area contributed by atoms with E-state index in [2.05, 4.69) is 13.2 Å². The van der Waals surface area contributed by atoms with E-state index in [9.17, 15) is 0 Å². The maximum atomic E-state index is 6.15. The minimum absolute atomic E-state index is 0.441. The van der Waals surface area contributed by atoms with E-state index in [1.54, 1.807) is 0 Å². The van der Waals surface area contributed by atoms with Crippen LogP contribution in [0.15, 0.2) is 25.3 Å². The second kappa shape index (κ2) is 19.7. The topological polar surface area (TPSA) is 18.5 Å². The van der Waals surface area contributed by atoms with E-state index in [1.165, 1.54) is 109 Å². The molecule has 1 aliphatic rings. The second-order valence-corrected chi connectivity index (χ2v) is 8.55. The largest absolute Gasteiger partial charge is 0.378 e. The van der Waals surface area contributed by atoms with Crippen molar-refractivity contribution in [2.75, 3.05) is 13.2 Å². The van der Waals surface area contributed by atoms with Crippen LogP contribution >= 0.6 is 0 Å². The van der Waals surface area contributed by atoms with Crippen LogP contribution < -0.4 is 0 Å². The molecular weight excluding hydrogens is 344 g/mol. The molecule has 0 saturated heterocycles. The van der Waals surface area contributed by atoms with Crippen molar-refractivity contribution >= 4 is 0 Å². The van der Waals surface area contributed by atoms with Gasteiger partial charge in [0.1, 0.15) is 0 Å². The van der Waals surface area contributed by atoms with Crippen molar-refractivity contribution in [1.82, 2.24) is 0 Å². The number of allylic oxidation sites excluding steroid dienone is 2. The molecule has 1 rings (SSSR count). The first-order valence-electron chi connectivity index (χ1n) is 12.3. The van der Waals surface area contributed by atoms with E-state index in [0.717, 1.165) is 19.6 Å². The smallest absolute Gasteiger partial charge is 0.0599 e. The Labute approximate surface area is 176 Å². The zero-order chi connectivity index (χ0) is 20.1. The molecule has 0 heterocycles. The van der Waals surface area contributed by atoms with E-state index in [1.807, 2.05) is 12.2 Å². The molecule has 2 nitrogen and oxygen atoms in total. The Balaban J connectivity index is 1.89. The summed E-state index contributed by atoms with van der Waals surface area (Å²) in [4.78, 5) is 0. The van der Waals surface area contributed by atoms with Crippen LogP contribution in [0.3, 0.4) is 0 Å². The Hall–Kier alpha value is -0.600. The molecule has 1 fully saturated rings. The number of hydrogen-bond acceptors (Lipinski definition) is 2. The summed E-state index contributed by atoms with van der Waals surface area (Å²) in [7, 11) is 0. The molecular formula is C26H48O2. The van der Waals surface area contributed by atoms with Gasteiger partial charge in [-0.05, 0) is 64.2 Å². The lowest BCUT2D eigenvalue weighted by Gasteiger charge is -2.29. The van der Waals surface area contributed by atoms with Crippen molar-refractivity contribution in [2.24, 2.45) is 0 Å². The normalized spacial score (nSPS) is 19.6. The average Bonchev–Trinajstić information content (AvgIpc) is 2.72. The van der Waals surface area contributed by atoms with Gasteiger partial charge < -0.3 is 9.47 Å². The third-order valence-corrected chi connectivity index (χ3v) is 5.89. The van der Waals surface area contributed by atoms with Gasteiger partial charge in [-0.3, -0.25) is 0 Å². The third kappa shape index (κ3) is 15.3. The van der Waals surface area contributed by atoms with Crippen LogP contribution in [0.2, 0.25) is 0 Å². The van der Waals surface area contributed by atoms with Gasteiger partial charge in [-0.15, -0.1) is 13.2 Å². The molecule has 0 aromatic heterocycles. The predicted molar refractivity (Wildman–Crippen MR) is 123 cm³/mol. The molecule has 0 radical (unpaired) electrons. The predicted octanol–water partition coefficient (Wildman–Crippen LogP) is 8.16. The van der Waals surface area contributed by atoms with Crippen molar-refractivity contribution in [1.29, 1.82) is 0 Å². The zero-order valence-corrected chi connectivity index (χ0v) is 18.7. The van der Waals surface area contributed by atoms with E-state index in [-0.39, 0.29) is 0 Å². The Kier molecular flexibility index (Phi) is 17.9. The van der Waals surface area contributed by atoms with Crippen LogP contribution in [0.4, 0.5) is 0 Å². The van der Waals surface area contributed by atoms with Gasteiger partial charge in [0.05, 0.1) is 12.2 Å². The van der Waals surface area contributed by atoms with Crippen LogP contribution in [0, 0.1) is 0 Å². The summed E-state index contributed by atoms with van der Waals surface area (Å²) < 4.78 is 12.3. The van der Waals surface area contributed by atoms with Gasteiger partial charge in [0, 0.05) is 13.2 Å². The molecule has 0 aromatic rings. The Morgan fingerprint density at radius 1 is 0.571 bits per heavy atom. The lowest BCUT2D eigenvalue weighted by Crippen LogP contribution is -2.28. The average molecular weight is 393 g/mol. The maximum Gasteiger partial charge on any atom is 0.0599 e. The van der Waals surface area contributed by atoms with Crippen LogP contribution in [0.1, 0.15) is 116 Å². The second-order valence-electron chi connectivity index (χ2n) is 8.55. The fourth-order valence-electron chi connectivity index (χ4n) is 4.10. The molecule has 1 saturated carbocycles. The molecule has 0 aliphatic heterocycles. The fraction of sp³-hybridized carbons (Fsp3) is 0.846. The van der Waals surface area contributed by atoms with E-state index in [0.29, 0.717) is 12.2 Å². The number of ether oxygens (including phenoxy) is 2. The number of hydrogen-bond donors (Lipinski definition) is 0. The summed E-state index contributed by atoms with van der Waals surface area (Å²) in [6, 6.07) is 0. The molecule has 0 bridgehead atoms. The number of unbranched alkanes of at least 4 members (excludes halogenated alkanes) is 12. The highest BCUT2D eigenvalue weighted by Crippen LogP contribution is 2.24. The van der Waals surface area contributed by atoms with E-state index < -0.39 is 0 Å². The van der Waals surface area contributed by atoms with Crippen LogP contribution in [-0.2, 0) is 9.47 Å². The van der Waals surface area contributed by atoms with Gasteiger partial charge in [-0.1, -0.05) is 63.5 Å². The van der Waals surface area contributed by atoms with Crippen LogP contribution in [0.25, 0.3) is 0 Å². The lowest BCUT2D eigenvalue weighted by molar-refractivity contribution is -0.0460. The summed E-state index contributed by atoms with van der Waals surface area (Å²) in [6.45, 7) is 9.44. The van der Waals surface area contributed by atoms with Crippen molar-refractivity contribution in [2.45, 2.75) is 128 Å². The third-order valence-electron chi connectivity index (χ3n) is 5.89. The van der Waals surface area contributed by atoms with Crippen molar-refractivity contribution in [3.05, 3.63) is 25.3 Å². The maximum absolute atomic E-state index is 6.15. The Morgan fingerprint density at radius 3 is 1.39 bits per heavy atom. The van der Waals surface area contributed by atoms with Crippen molar-refractivity contribution in [3.8, 4) is 0 Å². The SMILES string of the molecule is C=CCCCCCCCCOC1CCCC(OCCCCCCCCC=C)C1. The van der Waals surface area contributed by atoms with Crippen molar-refractivity contribution in [3.63, 3.8) is 0 Å². The highest BCUT2D eigenvalue weighted by molar-refractivity contribution is 4.74. The molecule has 0 N–H and O–H groups in total. The minimum atomic E-state index is 0.441. The van der Waals surface area contributed by atoms with Crippen LogP contribution in [-0.4, -0.2) is 25.4 Å². The summed E-state index contributed by atoms with van der Waals surface area (Å²) in [5.41, 5.74) is 0. The number of rotatable bonds is 20. The van der Waals surface area contributed by atoms with E-state index in [4.69, 9.17) is 9.47 Å². The van der Waals surface area contributed by atoms with E-state index >= 15 is 0 Å². The zero-order valence-electron chi connectivity index (χ0n) is 18.7. The molecule has 2 unspecified atom stereocenters. The molecule has 28 heavy (non-hydrogen) atoms. The van der Waals surface area contributed by atoms with Gasteiger partial charge >= 0.3 is 0 Å². The molecule has 2 atom stereocenters. The monoisotopic (exact) mass is 392 g/mol. The van der Waals surface area contributed by atoms with Gasteiger partial charge in [-0.25, -0.2) is 0 Å². The first-order chi connectivity index (χ1) is 13.9. The lowest BCUT2D eigenvalue weighted by atomic mass is 9.95. The highest BCUT2D eigenvalue weighted by Gasteiger charge is 2.22. The molecule has 1 aliphatic carbocycles. The molecule has 2 heteroatoms. The van der Waals surface area contributed by atoms with Gasteiger partial charge in [0.25, 0.3) is 0 Å². The Morgan fingerprint density at radius 2 is 0.964 bits per heavy atom.